The number of hydrogen-bond acceptors (Lipinski definition) is 6. The minimum Gasteiger partial charge on any atom is -0.493 e. The number of nitrogens with zero attached hydrogens (tertiary/aromatic N) is 1. The molecule has 0 unspecified atom stereocenters. The Balaban J connectivity index is 1.47. The van der Waals surface area contributed by atoms with Gasteiger partial charge in [-0.05, 0) is 65.7 Å². The van der Waals surface area contributed by atoms with Crippen LogP contribution < -0.4 is 14.8 Å². The summed E-state index contributed by atoms with van der Waals surface area (Å²) in [6.45, 7) is 1.68. The molecule has 0 bridgehead atoms. The van der Waals surface area contributed by atoms with Gasteiger partial charge in [0, 0.05) is 10.7 Å². The number of aryl methyl sites for hydroxylation is 1. The highest BCUT2D eigenvalue weighted by Crippen LogP contribution is 2.39. The molecule has 1 heterocycles. The number of carbonyl (C=O) groups excluding carboxylic acids is 3. The highest BCUT2D eigenvalue weighted by atomic mass is 35.5. The smallest absolute Gasteiger partial charge is 0.294 e. The molecule has 190 valence electrons. The molecular formula is C27H22Cl2N2O5S. The van der Waals surface area contributed by atoms with Crippen LogP contribution in [0.5, 0.6) is 11.5 Å². The van der Waals surface area contributed by atoms with Crippen LogP contribution in [0.15, 0.2) is 65.6 Å². The summed E-state index contributed by atoms with van der Waals surface area (Å²) in [6.07, 6.45) is 1.53. The van der Waals surface area contributed by atoms with Gasteiger partial charge in [0.2, 0.25) is 5.91 Å². The Morgan fingerprint density at radius 2 is 1.84 bits per heavy atom. The number of carbonyl (C=O) groups is 3. The van der Waals surface area contributed by atoms with Crippen LogP contribution in [0.2, 0.25) is 10.0 Å². The van der Waals surface area contributed by atoms with E-state index in [0.29, 0.717) is 34.4 Å². The first-order valence-corrected chi connectivity index (χ1v) is 12.7. The van der Waals surface area contributed by atoms with Crippen LogP contribution >= 0.6 is 35.0 Å². The first-order chi connectivity index (χ1) is 17.7. The molecule has 1 aliphatic rings. The molecule has 3 aromatic carbocycles. The van der Waals surface area contributed by atoms with E-state index < -0.39 is 23.6 Å². The van der Waals surface area contributed by atoms with Gasteiger partial charge in [0.25, 0.3) is 11.1 Å². The summed E-state index contributed by atoms with van der Waals surface area (Å²) in [6, 6.07) is 18.0. The fourth-order valence-electron chi connectivity index (χ4n) is 3.54. The second kappa shape index (κ2) is 11.7. The van der Waals surface area contributed by atoms with Gasteiger partial charge in [-0.2, -0.15) is 0 Å². The second-order valence-corrected chi connectivity index (χ2v) is 9.92. The Hall–Kier alpha value is -3.46. The van der Waals surface area contributed by atoms with Crippen LogP contribution in [0.3, 0.4) is 0 Å². The summed E-state index contributed by atoms with van der Waals surface area (Å²) in [4.78, 5) is 39.0. The number of amides is 3. The zero-order chi connectivity index (χ0) is 26.5. The van der Waals surface area contributed by atoms with E-state index in [1.54, 1.807) is 30.3 Å². The van der Waals surface area contributed by atoms with E-state index in [1.165, 1.54) is 13.2 Å². The SMILES string of the molecule is COc1cc(/C=C2\SC(=O)N(CC(=O)Nc3cc(Cl)ccc3C)C2=O)cc(Cl)c1OCc1ccccc1. The van der Waals surface area contributed by atoms with Gasteiger partial charge in [-0.1, -0.05) is 59.6 Å². The molecule has 7 nitrogen and oxygen atoms in total. The van der Waals surface area contributed by atoms with Crippen LogP contribution in [0, 0.1) is 6.92 Å². The third-order valence-corrected chi connectivity index (χ3v) is 6.85. The molecule has 3 amide bonds. The van der Waals surface area contributed by atoms with Crippen molar-refractivity contribution in [3.8, 4) is 11.5 Å². The van der Waals surface area contributed by atoms with Gasteiger partial charge in [0.05, 0.1) is 17.0 Å². The molecule has 0 atom stereocenters. The molecule has 0 aliphatic carbocycles. The molecule has 0 spiro atoms. The van der Waals surface area contributed by atoms with Gasteiger partial charge in [-0.15, -0.1) is 0 Å². The number of methoxy groups -OCH3 is 1. The third kappa shape index (κ3) is 6.46. The Morgan fingerprint density at radius 1 is 1.08 bits per heavy atom. The van der Waals surface area contributed by atoms with Crippen molar-refractivity contribution in [3.63, 3.8) is 0 Å². The average molecular weight is 557 g/mol. The number of anilines is 1. The highest BCUT2D eigenvalue weighted by molar-refractivity contribution is 8.18. The van der Waals surface area contributed by atoms with E-state index in [9.17, 15) is 14.4 Å². The van der Waals surface area contributed by atoms with Crippen molar-refractivity contribution in [2.45, 2.75) is 13.5 Å². The molecule has 37 heavy (non-hydrogen) atoms. The van der Waals surface area contributed by atoms with Crippen LogP contribution in [-0.2, 0) is 16.2 Å². The van der Waals surface area contributed by atoms with Crippen molar-refractivity contribution in [1.82, 2.24) is 4.90 Å². The van der Waals surface area contributed by atoms with E-state index >= 15 is 0 Å². The van der Waals surface area contributed by atoms with Crippen LogP contribution in [0.1, 0.15) is 16.7 Å². The maximum absolute atomic E-state index is 12.9. The first kappa shape index (κ1) is 26.6. The summed E-state index contributed by atoms with van der Waals surface area (Å²) in [5.41, 5.74) is 2.82. The van der Waals surface area contributed by atoms with Crippen LogP contribution in [0.25, 0.3) is 6.08 Å². The lowest BCUT2D eigenvalue weighted by atomic mass is 10.1. The van der Waals surface area contributed by atoms with Gasteiger partial charge in [0.1, 0.15) is 13.2 Å². The van der Waals surface area contributed by atoms with Gasteiger partial charge >= 0.3 is 0 Å². The van der Waals surface area contributed by atoms with Crippen molar-refractivity contribution in [2.24, 2.45) is 0 Å². The van der Waals surface area contributed by atoms with Crippen molar-refractivity contribution >= 4 is 63.8 Å². The van der Waals surface area contributed by atoms with E-state index in [1.807, 2.05) is 37.3 Å². The number of rotatable bonds is 8. The first-order valence-electron chi connectivity index (χ1n) is 11.1. The normalized spacial score (nSPS) is 14.3. The van der Waals surface area contributed by atoms with Gasteiger partial charge in [-0.25, -0.2) is 0 Å². The van der Waals surface area contributed by atoms with Crippen molar-refractivity contribution in [2.75, 3.05) is 19.0 Å². The maximum Gasteiger partial charge on any atom is 0.294 e. The van der Waals surface area contributed by atoms with Crippen molar-refractivity contribution in [1.29, 1.82) is 0 Å². The molecule has 0 aromatic heterocycles. The molecule has 1 saturated heterocycles. The van der Waals surface area contributed by atoms with Gasteiger partial charge < -0.3 is 14.8 Å². The van der Waals surface area contributed by atoms with Crippen molar-refractivity contribution in [3.05, 3.63) is 92.3 Å². The van der Waals surface area contributed by atoms with E-state index in [2.05, 4.69) is 5.32 Å². The zero-order valence-electron chi connectivity index (χ0n) is 19.9. The van der Waals surface area contributed by atoms with Crippen LogP contribution in [0.4, 0.5) is 10.5 Å². The number of imide groups is 1. The number of hydrogen-bond donors (Lipinski definition) is 1. The average Bonchev–Trinajstić information content (AvgIpc) is 3.13. The number of nitrogens with one attached hydrogen (secondary N) is 1. The fourth-order valence-corrected chi connectivity index (χ4v) is 4.83. The molecule has 10 heteroatoms. The zero-order valence-corrected chi connectivity index (χ0v) is 22.2. The lowest BCUT2D eigenvalue weighted by Gasteiger charge is -2.14. The van der Waals surface area contributed by atoms with Gasteiger partial charge in [-0.3, -0.25) is 19.3 Å². The molecule has 0 radical (unpaired) electrons. The summed E-state index contributed by atoms with van der Waals surface area (Å²) >= 11 is 13.2. The lowest BCUT2D eigenvalue weighted by Crippen LogP contribution is -2.36. The minimum atomic E-state index is -0.576. The maximum atomic E-state index is 12.9. The predicted octanol–water partition coefficient (Wildman–Crippen LogP) is 6.56. The topological polar surface area (TPSA) is 84.9 Å². The largest absolute Gasteiger partial charge is 0.493 e. The van der Waals surface area contributed by atoms with Crippen LogP contribution in [-0.4, -0.2) is 35.6 Å². The second-order valence-electron chi connectivity index (χ2n) is 8.08. The Bertz CT molecular complexity index is 1400. The highest BCUT2D eigenvalue weighted by Gasteiger charge is 2.36. The molecule has 1 aliphatic heterocycles. The Kier molecular flexibility index (Phi) is 8.43. The molecule has 1 fully saturated rings. The summed E-state index contributed by atoms with van der Waals surface area (Å²) in [7, 11) is 1.49. The summed E-state index contributed by atoms with van der Waals surface area (Å²) in [5.74, 6) is -0.345. The Labute approximate surface area is 228 Å². The number of ether oxygens (including phenoxy) is 2. The summed E-state index contributed by atoms with van der Waals surface area (Å²) < 4.78 is 11.3. The quantitative estimate of drug-likeness (QED) is 0.316. The Morgan fingerprint density at radius 3 is 2.57 bits per heavy atom. The molecule has 4 rings (SSSR count). The number of thioether (sulfide) groups is 1. The monoisotopic (exact) mass is 556 g/mol. The lowest BCUT2D eigenvalue weighted by molar-refractivity contribution is -0.127. The van der Waals surface area contributed by atoms with E-state index in [-0.39, 0.29) is 9.93 Å². The number of benzene rings is 3. The standard InChI is InChI=1S/C27H22Cl2N2O5S/c1-16-8-9-19(28)13-21(16)30-24(32)14-31-26(33)23(37-27(31)34)12-18-10-20(29)25(22(11-18)35-2)36-15-17-6-4-3-5-7-17/h3-13H,14-15H2,1-2H3,(H,30,32)/b23-12-. The molecule has 1 N–H and O–H groups in total. The van der Waals surface area contributed by atoms with Gasteiger partial charge in [0.15, 0.2) is 11.5 Å². The van der Waals surface area contributed by atoms with Crippen molar-refractivity contribution < 1.29 is 23.9 Å². The number of halogens is 2. The summed E-state index contributed by atoms with van der Waals surface area (Å²) in [5, 5.41) is 2.89. The molecule has 3 aromatic rings. The third-order valence-electron chi connectivity index (χ3n) is 5.42. The fraction of sp³-hybridized carbons (Fsp3) is 0.148. The van der Waals surface area contributed by atoms with E-state index in [0.717, 1.165) is 27.8 Å². The van der Waals surface area contributed by atoms with E-state index in [4.69, 9.17) is 32.7 Å². The predicted molar refractivity (Wildman–Crippen MR) is 146 cm³/mol. The minimum absolute atomic E-state index is 0.160. The molecular weight excluding hydrogens is 535 g/mol. The molecule has 0 saturated carbocycles.